The van der Waals surface area contributed by atoms with Crippen LogP contribution in [0.3, 0.4) is 0 Å². The van der Waals surface area contributed by atoms with Crippen LogP contribution in [-0.4, -0.2) is 0 Å². The molecule has 2 rings (SSSR count). The molecule has 0 aliphatic rings. The molecule has 0 amide bonds. The van der Waals surface area contributed by atoms with E-state index in [2.05, 4.69) is 15.9 Å². The van der Waals surface area contributed by atoms with E-state index in [0.29, 0.717) is 5.56 Å². The molecule has 0 saturated carbocycles. The van der Waals surface area contributed by atoms with Crippen molar-refractivity contribution in [3.05, 3.63) is 55.7 Å². The van der Waals surface area contributed by atoms with E-state index in [4.69, 9.17) is 11.6 Å². The SMILES string of the molecule is Cc1cc(C(Cl)c2ccc(C(F)(F)F)cc2)sc1Br. The maximum Gasteiger partial charge on any atom is 0.416 e. The third-order valence-corrected chi connectivity index (χ3v) is 5.47. The van der Waals surface area contributed by atoms with Gasteiger partial charge in [-0.2, -0.15) is 13.2 Å². The molecule has 2 aromatic rings. The van der Waals surface area contributed by atoms with Crippen molar-refractivity contribution in [2.75, 3.05) is 0 Å². The fourth-order valence-corrected chi connectivity index (χ4v) is 3.53. The summed E-state index contributed by atoms with van der Waals surface area (Å²) in [4.78, 5) is 0.908. The minimum absolute atomic E-state index is 0.433. The minimum atomic E-state index is -4.32. The fraction of sp³-hybridized carbons (Fsp3) is 0.231. The molecule has 1 aromatic heterocycles. The number of rotatable bonds is 2. The van der Waals surface area contributed by atoms with Crippen LogP contribution in [-0.2, 0) is 6.18 Å². The maximum atomic E-state index is 12.5. The monoisotopic (exact) mass is 368 g/mol. The summed E-state index contributed by atoms with van der Waals surface area (Å²) >= 11 is 11.2. The summed E-state index contributed by atoms with van der Waals surface area (Å²) in [5.74, 6) is 0. The van der Waals surface area contributed by atoms with Crippen molar-refractivity contribution in [2.45, 2.75) is 18.5 Å². The molecule has 0 bridgehead atoms. The molecule has 6 heteroatoms. The first-order chi connectivity index (χ1) is 8.79. The predicted molar refractivity (Wildman–Crippen MR) is 75.9 cm³/mol. The highest BCUT2D eigenvalue weighted by molar-refractivity contribution is 9.11. The lowest BCUT2D eigenvalue weighted by molar-refractivity contribution is -0.137. The average Bonchev–Trinajstić information content (AvgIpc) is 2.68. The Morgan fingerprint density at radius 3 is 2.21 bits per heavy atom. The summed E-state index contributed by atoms with van der Waals surface area (Å²) in [6.07, 6.45) is -4.32. The zero-order chi connectivity index (χ0) is 14.2. The van der Waals surface area contributed by atoms with Crippen molar-refractivity contribution in [2.24, 2.45) is 0 Å². The van der Waals surface area contributed by atoms with E-state index in [1.165, 1.54) is 23.5 Å². The summed E-state index contributed by atoms with van der Waals surface area (Å²) < 4.78 is 38.4. The molecular formula is C13H9BrClF3S. The van der Waals surface area contributed by atoms with Crippen molar-refractivity contribution < 1.29 is 13.2 Å². The van der Waals surface area contributed by atoms with Gasteiger partial charge in [-0.25, -0.2) is 0 Å². The molecule has 19 heavy (non-hydrogen) atoms. The van der Waals surface area contributed by atoms with E-state index in [0.717, 1.165) is 26.4 Å². The first kappa shape index (κ1) is 14.9. The second-order valence-electron chi connectivity index (χ2n) is 4.09. The van der Waals surface area contributed by atoms with Crippen molar-refractivity contribution in [1.82, 2.24) is 0 Å². The molecule has 0 N–H and O–H groups in total. The lowest BCUT2D eigenvalue weighted by atomic mass is 10.1. The first-order valence-corrected chi connectivity index (χ1v) is 7.40. The quantitative estimate of drug-likeness (QED) is 0.556. The molecule has 0 aliphatic carbocycles. The molecule has 0 nitrogen and oxygen atoms in total. The van der Waals surface area contributed by atoms with Crippen LogP contribution in [0.25, 0.3) is 0 Å². The Hall–Kier alpha value is -0.520. The summed E-state index contributed by atoms with van der Waals surface area (Å²) in [6, 6.07) is 6.89. The summed E-state index contributed by atoms with van der Waals surface area (Å²) in [7, 11) is 0. The second-order valence-corrected chi connectivity index (χ2v) is 6.93. The van der Waals surface area contributed by atoms with Gasteiger partial charge < -0.3 is 0 Å². The van der Waals surface area contributed by atoms with E-state index in [-0.39, 0.29) is 0 Å². The van der Waals surface area contributed by atoms with Gasteiger partial charge in [-0.3, -0.25) is 0 Å². The molecule has 1 unspecified atom stereocenters. The van der Waals surface area contributed by atoms with Crippen LogP contribution in [0.1, 0.15) is 26.9 Å². The third kappa shape index (κ3) is 3.33. The lowest BCUT2D eigenvalue weighted by Gasteiger charge is -2.10. The maximum absolute atomic E-state index is 12.5. The fourth-order valence-electron chi connectivity index (χ4n) is 1.61. The molecule has 0 saturated heterocycles. The summed E-state index contributed by atoms with van der Waals surface area (Å²) in [6.45, 7) is 1.94. The number of halogens is 5. The number of hydrogen-bond donors (Lipinski definition) is 0. The zero-order valence-corrected chi connectivity index (χ0v) is 12.9. The minimum Gasteiger partial charge on any atom is -0.166 e. The van der Waals surface area contributed by atoms with Gasteiger partial charge in [0.1, 0.15) is 0 Å². The molecule has 1 aromatic carbocycles. The predicted octanol–water partition coefficient (Wildman–Crippen LogP) is 6.17. The summed E-state index contributed by atoms with van der Waals surface area (Å²) in [5, 5.41) is -0.433. The van der Waals surface area contributed by atoms with E-state index < -0.39 is 17.1 Å². The molecule has 1 heterocycles. The molecule has 102 valence electrons. The van der Waals surface area contributed by atoms with Crippen molar-refractivity contribution >= 4 is 38.9 Å². The number of hydrogen-bond acceptors (Lipinski definition) is 1. The van der Waals surface area contributed by atoms with E-state index >= 15 is 0 Å². The van der Waals surface area contributed by atoms with Crippen molar-refractivity contribution in [3.63, 3.8) is 0 Å². The van der Waals surface area contributed by atoms with Crippen molar-refractivity contribution in [3.8, 4) is 0 Å². The van der Waals surface area contributed by atoms with E-state index in [9.17, 15) is 13.2 Å². The highest BCUT2D eigenvalue weighted by atomic mass is 79.9. The average molecular weight is 370 g/mol. The molecule has 0 radical (unpaired) electrons. The topological polar surface area (TPSA) is 0 Å². The van der Waals surface area contributed by atoms with E-state index in [1.54, 1.807) is 0 Å². The molecule has 1 atom stereocenters. The Balaban J connectivity index is 2.27. The van der Waals surface area contributed by atoms with E-state index in [1.807, 2.05) is 13.0 Å². The van der Waals surface area contributed by atoms with Crippen LogP contribution in [0.2, 0.25) is 0 Å². The first-order valence-electron chi connectivity index (χ1n) is 5.36. The molecular weight excluding hydrogens is 361 g/mol. The third-order valence-electron chi connectivity index (χ3n) is 2.66. The van der Waals surface area contributed by atoms with Gasteiger partial charge in [0, 0.05) is 4.88 Å². The highest BCUT2D eigenvalue weighted by Gasteiger charge is 2.30. The van der Waals surface area contributed by atoms with Gasteiger partial charge in [0.2, 0.25) is 0 Å². The Morgan fingerprint density at radius 2 is 1.79 bits per heavy atom. The van der Waals surface area contributed by atoms with Crippen molar-refractivity contribution in [1.29, 1.82) is 0 Å². The smallest absolute Gasteiger partial charge is 0.166 e. The molecule has 0 aliphatic heterocycles. The van der Waals surface area contributed by atoms with Crippen LogP contribution >= 0.6 is 38.9 Å². The van der Waals surface area contributed by atoms with Gasteiger partial charge in [0.25, 0.3) is 0 Å². The molecule has 0 fully saturated rings. The standard InChI is InChI=1S/C13H9BrClF3S/c1-7-6-10(19-12(7)14)11(15)8-2-4-9(5-3-8)13(16,17)18/h2-6,11H,1H3. The zero-order valence-electron chi connectivity index (χ0n) is 9.76. The number of aryl methyl sites for hydroxylation is 1. The number of benzene rings is 1. The lowest BCUT2D eigenvalue weighted by Crippen LogP contribution is -2.04. The Kier molecular flexibility index (Phi) is 4.28. The van der Waals surface area contributed by atoms with Crippen LogP contribution in [0.4, 0.5) is 13.2 Å². The van der Waals surface area contributed by atoms with Gasteiger partial charge >= 0.3 is 6.18 Å². The van der Waals surface area contributed by atoms with Crippen LogP contribution in [0, 0.1) is 6.92 Å². The molecule has 0 spiro atoms. The van der Waals surface area contributed by atoms with Crippen LogP contribution in [0.15, 0.2) is 34.1 Å². The number of alkyl halides is 4. The van der Waals surface area contributed by atoms with Gasteiger partial charge in [0.05, 0.1) is 14.7 Å². The van der Waals surface area contributed by atoms with Crippen LogP contribution < -0.4 is 0 Å². The highest BCUT2D eigenvalue weighted by Crippen LogP contribution is 2.38. The Labute approximate surface area is 126 Å². The van der Waals surface area contributed by atoms with Crippen LogP contribution in [0.5, 0.6) is 0 Å². The Bertz CT molecular complexity index is 555. The van der Waals surface area contributed by atoms with Gasteiger partial charge in [-0.1, -0.05) is 12.1 Å². The normalized spacial score (nSPS) is 13.6. The largest absolute Gasteiger partial charge is 0.416 e. The van der Waals surface area contributed by atoms with Gasteiger partial charge in [-0.15, -0.1) is 22.9 Å². The van der Waals surface area contributed by atoms with Gasteiger partial charge in [0.15, 0.2) is 0 Å². The summed E-state index contributed by atoms with van der Waals surface area (Å²) in [5.41, 5.74) is 1.06. The Morgan fingerprint density at radius 1 is 1.21 bits per heavy atom. The second kappa shape index (κ2) is 5.46. The number of thiophene rings is 1. The van der Waals surface area contributed by atoms with Gasteiger partial charge in [-0.05, 0) is 52.2 Å².